The molecule has 0 aliphatic carbocycles. The predicted octanol–water partition coefficient (Wildman–Crippen LogP) is 3.94. The summed E-state index contributed by atoms with van der Waals surface area (Å²) in [6.07, 6.45) is 1.64. The summed E-state index contributed by atoms with van der Waals surface area (Å²) < 4.78 is 40.1. The minimum atomic E-state index is -2.84. The van der Waals surface area contributed by atoms with Gasteiger partial charge in [-0.15, -0.1) is 11.3 Å². The maximum atomic E-state index is 13.8. The number of amides is 1. The van der Waals surface area contributed by atoms with Crippen LogP contribution in [0.1, 0.15) is 9.67 Å². The van der Waals surface area contributed by atoms with Gasteiger partial charge in [0.1, 0.15) is 4.34 Å². The van der Waals surface area contributed by atoms with Gasteiger partial charge in [0.15, 0.2) is 5.82 Å². The van der Waals surface area contributed by atoms with E-state index in [9.17, 15) is 22.8 Å². The van der Waals surface area contributed by atoms with Crippen LogP contribution in [0.4, 0.5) is 30.2 Å². The van der Waals surface area contributed by atoms with E-state index in [0.717, 1.165) is 48.1 Å². The number of nitrogens with one attached hydrogen (secondary N) is 1. The average molecular weight is 498 g/mol. The fourth-order valence-corrected chi connectivity index (χ4v) is 4.82. The van der Waals surface area contributed by atoms with Crippen molar-refractivity contribution in [3.8, 4) is 0 Å². The van der Waals surface area contributed by atoms with Gasteiger partial charge in [-0.1, -0.05) is 11.6 Å². The fraction of sp³-hybridized carbons (Fsp3) is 0.286. The highest BCUT2D eigenvalue weighted by Gasteiger charge is 2.23. The van der Waals surface area contributed by atoms with Gasteiger partial charge in [0.05, 0.1) is 22.8 Å². The van der Waals surface area contributed by atoms with Crippen molar-refractivity contribution in [3.63, 3.8) is 0 Å². The lowest BCUT2D eigenvalue weighted by Gasteiger charge is -2.37. The number of alkyl halides is 2. The van der Waals surface area contributed by atoms with Gasteiger partial charge >= 0.3 is 0 Å². The quantitative estimate of drug-likeness (QED) is 0.558. The van der Waals surface area contributed by atoms with Crippen LogP contribution in [0.25, 0.3) is 0 Å². The van der Waals surface area contributed by atoms with Crippen molar-refractivity contribution in [2.24, 2.45) is 0 Å². The SMILES string of the molecule is O=C(Nc1cc(F)c(=O)n(CC(F)F)c1)c1cc(N2CCN(c3ccncc3)CC2)c(Cl)s1. The van der Waals surface area contributed by atoms with Gasteiger partial charge in [-0.2, -0.15) is 0 Å². The molecule has 0 bridgehead atoms. The van der Waals surface area contributed by atoms with Crippen LogP contribution in [-0.4, -0.2) is 48.1 Å². The summed E-state index contributed by atoms with van der Waals surface area (Å²) >= 11 is 7.46. The minimum Gasteiger partial charge on any atom is -0.368 e. The van der Waals surface area contributed by atoms with Crippen LogP contribution in [0.5, 0.6) is 0 Å². The molecule has 174 valence electrons. The number of piperazine rings is 1. The molecule has 12 heteroatoms. The first kappa shape index (κ1) is 23.1. The summed E-state index contributed by atoms with van der Waals surface area (Å²) in [6, 6.07) is 6.35. The number of halogens is 4. The molecule has 0 spiro atoms. The lowest BCUT2D eigenvalue weighted by atomic mass is 10.2. The zero-order valence-corrected chi connectivity index (χ0v) is 18.8. The Kier molecular flexibility index (Phi) is 6.89. The molecule has 1 amide bonds. The Morgan fingerprint density at radius 2 is 1.82 bits per heavy atom. The van der Waals surface area contributed by atoms with Crippen molar-refractivity contribution in [2.45, 2.75) is 13.0 Å². The standard InChI is InChI=1S/C21H19ClF3N5O2S/c22-19-16(29-7-5-28(6-8-29)14-1-3-26-4-2-14)10-17(33-19)20(31)27-13-9-15(23)21(32)30(11-13)12-18(24)25/h1-4,9-11,18H,5-8,12H2,(H,27,31). The van der Waals surface area contributed by atoms with E-state index in [1.165, 1.54) is 0 Å². The number of aromatic nitrogens is 2. The summed E-state index contributed by atoms with van der Waals surface area (Å²) in [5.74, 6) is -1.81. The molecule has 33 heavy (non-hydrogen) atoms. The smallest absolute Gasteiger partial charge is 0.286 e. The van der Waals surface area contributed by atoms with Crippen molar-refractivity contribution in [1.29, 1.82) is 0 Å². The van der Waals surface area contributed by atoms with Crippen LogP contribution in [0.3, 0.4) is 0 Å². The largest absolute Gasteiger partial charge is 0.368 e. The lowest BCUT2D eigenvalue weighted by Crippen LogP contribution is -2.46. The Labute approximate surface area is 196 Å². The van der Waals surface area contributed by atoms with Crippen LogP contribution < -0.4 is 20.7 Å². The zero-order valence-electron chi connectivity index (χ0n) is 17.2. The number of hydrogen-bond acceptors (Lipinski definition) is 6. The van der Waals surface area contributed by atoms with Gasteiger partial charge in [-0.3, -0.25) is 14.6 Å². The summed E-state index contributed by atoms with van der Waals surface area (Å²) in [7, 11) is 0. The molecule has 1 saturated heterocycles. The average Bonchev–Trinajstić information content (AvgIpc) is 3.19. The van der Waals surface area contributed by atoms with Crippen LogP contribution in [0.2, 0.25) is 4.34 Å². The molecular weight excluding hydrogens is 479 g/mol. The van der Waals surface area contributed by atoms with Crippen molar-refractivity contribution < 1.29 is 18.0 Å². The maximum Gasteiger partial charge on any atom is 0.286 e. The molecule has 7 nitrogen and oxygen atoms in total. The number of nitrogens with zero attached hydrogens (tertiary/aromatic N) is 4. The highest BCUT2D eigenvalue weighted by Crippen LogP contribution is 2.36. The minimum absolute atomic E-state index is 0.102. The first-order valence-electron chi connectivity index (χ1n) is 10.0. The van der Waals surface area contributed by atoms with E-state index in [1.54, 1.807) is 18.5 Å². The summed E-state index contributed by atoms with van der Waals surface area (Å²) in [5, 5.41) is 2.45. The van der Waals surface area contributed by atoms with Gasteiger partial charge in [0.2, 0.25) is 0 Å². The predicted molar refractivity (Wildman–Crippen MR) is 123 cm³/mol. The van der Waals surface area contributed by atoms with E-state index in [0.29, 0.717) is 22.0 Å². The van der Waals surface area contributed by atoms with Gasteiger partial charge < -0.3 is 19.7 Å². The van der Waals surface area contributed by atoms with Gasteiger partial charge in [-0.05, 0) is 18.2 Å². The Morgan fingerprint density at radius 1 is 1.15 bits per heavy atom. The summed E-state index contributed by atoms with van der Waals surface area (Å²) in [5.41, 5.74) is 0.520. The second kappa shape index (κ2) is 9.84. The monoisotopic (exact) mass is 497 g/mol. The first-order valence-corrected chi connectivity index (χ1v) is 11.2. The molecule has 0 saturated carbocycles. The molecule has 1 aliphatic heterocycles. The number of rotatable bonds is 6. The third kappa shape index (κ3) is 5.31. The molecule has 1 aliphatic rings. The molecule has 4 heterocycles. The number of anilines is 3. The number of carbonyl (C=O) groups is 1. The van der Waals surface area contributed by atoms with Crippen molar-refractivity contribution in [1.82, 2.24) is 9.55 Å². The van der Waals surface area contributed by atoms with E-state index < -0.39 is 30.3 Å². The Morgan fingerprint density at radius 3 is 2.48 bits per heavy atom. The second-order valence-electron chi connectivity index (χ2n) is 7.33. The third-order valence-electron chi connectivity index (χ3n) is 5.18. The third-order valence-corrected chi connectivity index (χ3v) is 6.51. The van der Waals surface area contributed by atoms with Crippen LogP contribution in [0.15, 0.2) is 47.7 Å². The molecular formula is C21H19ClF3N5O2S. The molecule has 1 N–H and O–H groups in total. The van der Waals surface area contributed by atoms with Gasteiger partial charge in [-0.25, -0.2) is 13.2 Å². The molecule has 0 radical (unpaired) electrons. The molecule has 0 unspecified atom stereocenters. The number of hydrogen-bond donors (Lipinski definition) is 1. The molecule has 0 aromatic carbocycles. The Bertz CT molecular complexity index is 1200. The first-order chi connectivity index (χ1) is 15.8. The summed E-state index contributed by atoms with van der Waals surface area (Å²) in [6.45, 7) is 1.96. The second-order valence-corrected chi connectivity index (χ2v) is 8.98. The van der Waals surface area contributed by atoms with Crippen molar-refractivity contribution >= 4 is 45.9 Å². The normalized spacial score (nSPS) is 14.1. The Hall–Kier alpha value is -3.05. The van der Waals surface area contributed by atoms with E-state index in [-0.39, 0.29) is 10.6 Å². The fourth-order valence-electron chi connectivity index (χ4n) is 3.59. The van der Waals surface area contributed by atoms with Crippen LogP contribution in [0, 0.1) is 5.82 Å². The highest BCUT2D eigenvalue weighted by molar-refractivity contribution is 7.18. The Balaban J connectivity index is 1.45. The van der Waals surface area contributed by atoms with E-state index in [4.69, 9.17) is 11.6 Å². The van der Waals surface area contributed by atoms with Crippen LogP contribution >= 0.6 is 22.9 Å². The highest BCUT2D eigenvalue weighted by atomic mass is 35.5. The summed E-state index contributed by atoms with van der Waals surface area (Å²) in [4.78, 5) is 33.0. The topological polar surface area (TPSA) is 70.5 Å². The zero-order chi connectivity index (χ0) is 23.5. The lowest BCUT2D eigenvalue weighted by molar-refractivity contribution is 0.103. The molecule has 4 rings (SSSR count). The van der Waals surface area contributed by atoms with E-state index in [2.05, 4.69) is 20.1 Å². The van der Waals surface area contributed by atoms with Crippen LogP contribution in [-0.2, 0) is 6.54 Å². The maximum absolute atomic E-state index is 13.8. The van der Waals surface area contributed by atoms with E-state index in [1.807, 2.05) is 12.1 Å². The number of carbonyl (C=O) groups excluding carboxylic acids is 1. The number of thiophene rings is 1. The molecule has 3 aromatic rings. The van der Waals surface area contributed by atoms with Gasteiger partial charge in [0.25, 0.3) is 17.9 Å². The van der Waals surface area contributed by atoms with Crippen molar-refractivity contribution in [3.05, 3.63) is 68.2 Å². The van der Waals surface area contributed by atoms with E-state index >= 15 is 0 Å². The van der Waals surface area contributed by atoms with Crippen molar-refractivity contribution in [2.75, 3.05) is 41.3 Å². The molecule has 1 fully saturated rings. The molecule has 3 aromatic heterocycles. The number of pyridine rings is 2. The molecule has 0 atom stereocenters. The van der Waals surface area contributed by atoms with Gasteiger partial charge in [0, 0.05) is 56.5 Å².